The molecule has 0 radical (unpaired) electrons. The normalized spacial score (nSPS) is 10.2. The molecule has 0 atom stereocenters. The van der Waals surface area contributed by atoms with Crippen LogP contribution in [0.25, 0.3) is 0 Å². The summed E-state index contributed by atoms with van der Waals surface area (Å²) in [6.45, 7) is 2.65. The number of carbonyl (C=O) groups excluding carboxylic acids is 1. The molecule has 0 bridgehead atoms. The summed E-state index contributed by atoms with van der Waals surface area (Å²) in [7, 11) is 0. The maximum absolute atomic E-state index is 12.9. The van der Waals surface area contributed by atoms with Crippen molar-refractivity contribution in [3.63, 3.8) is 0 Å². The van der Waals surface area contributed by atoms with Crippen molar-refractivity contribution in [3.8, 4) is 5.75 Å². The van der Waals surface area contributed by atoms with Crippen LogP contribution in [-0.2, 0) is 0 Å². The van der Waals surface area contributed by atoms with Crippen LogP contribution in [0.3, 0.4) is 0 Å². The lowest BCUT2D eigenvalue weighted by Crippen LogP contribution is -2.28. The molecule has 0 saturated heterocycles. The van der Waals surface area contributed by atoms with E-state index >= 15 is 0 Å². The van der Waals surface area contributed by atoms with Gasteiger partial charge in [-0.1, -0.05) is 23.7 Å². The SMILES string of the molecule is Cc1cccc(OCCNC(=O)c2ccc(F)cc2Cl)c1. The molecule has 0 aromatic heterocycles. The van der Waals surface area contributed by atoms with E-state index in [-0.39, 0.29) is 16.5 Å². The van der Waals surface area contributed by atoms with Gasteiger partial charge in [0.15, 0.2) is 0 Å². The molecular formula is C16H15ClFNO2. The predicted octanol–water partition coefficient (Wildman–Crippen LogP) is 3.60. The Bertz CT molecular complexity index is 646. The molecule has 110 valence electrons. The van der Waals surface area contributed by atoms with Crippen LogP contribution < -0.4 is 10.1 Å². The first-order valence-corrected chi connectivity index (χ1v) is 6.87. The van der Waals surface area contributed by atoms with E-state index in [9.17, 15) is 9.18 Å². The van der Waals surface area contributed by atoms with E-state index in [1.807, 2.05) is 31.2 Å². The molecule has 0 aliphatic carbocycles. The quantitative estimate of drug-likeness (QED) is 0.857. The average molecular weight is 308 g/mol. The highest BCUT2D eigenvalue weighted by molar-refractivity contribution is 6.33. The minimum absolute atomic E-state index is 0.0899. The van der Waals surface area contributed by atoms with Gasteiger partial charge in [-0.3, -0.25) is 4.79 Å². The number of hydrogen-bond acceptors (Lipinski definition) is 2. The number of hydrogen-bond donors (Lipinski definition) is 1. The van der Waals surface area contributed by atoms with Crippen LogP contribution >= 0.6 is 11.6 Å². The third-order valence-corrected chi connectivity index (χ3v) is 3.13. The lowest BCUT2D eigenvalue weighted by atomic mass is 10.2. The van der Waals surface area contributed by atoms with Gasteiger partial charge in [0.25, 0.3) is 5.91 Å². The molecule has 0 saturated carbocycles. The van der Waals surface area contributed by atoms with Gasteiger partial charge >= 0.3 is 0 Å². The van der Waals surface area contributed by atoms with E-state index in [0.717, 1.165) is 17.4 Å². The minimum Gasteiger partial charge on any atom is -0.492 e. The van der Waals surface area contributed by atoms with E-state index in [2.05, 4.69) is 5.32 Å². The summed E-state index contributed by atoms with van der Waals surface area (Å²) in [6.07, 6.45) is 0. The Balaban J connectivity index is 1.82. The fourth-order valence-electron chi connectivity index (χ4n) is 1.81. The van der Waals surface area contributed by atoms with E-state index < -0.39 is 5.82 Å². The average Bonchev–Trinajstić information content (AvgIpc) is 2.43. The highest BCUT2D eigenvalue weighted by Crippen LogP contribution is 2.17. The smallest absolute Gasteiger partial charge is 0.252 e. The zero-order valence-electron chi connectivity index (χ0n) is 11.5. The molecule has 0 fully saturated rings. The van der Waals surface area contributed by atoms with Gasteiger partial charge in [0, 0.05) is 0 Å². The Kier molecular flexibility index (Phi) is 5.17. The Morgan fingerprint density at radius 3 is 2.81 bits per heavy atom. The van der Waals surface area contributed by atoms with Gasteiger partial charge in [0.1, 0.15) is 18.2 Å². The first-order chi connectivity index (χ1) is 10.1. The number of benzene rings is 2. The van der Waals surface area contributed by atoms with Crippen molar-refractivity contribution in [1.82, 2.24) is 5.32 Å². The summed E-state index contributed by atoms with van der Waals surface area (Å²) < 4.78 is 18.4. The summed E-state index contributed by atoms with van der Waals surface area (Å²) in [4.78, 5) is 11.9. The number of rotatable bonds is 5. The number of aryl methyl sites for hydroxylation is 1. The number of ether oxygens (including phenoxy) is 1. The molecule has 2 aromatic carbocycles. The van der Waals surface area contributed by atoms with Gasteiger partial charge in [0.05, 0.1) is 17.1 Å². The maximum atomic E-state index is 12.9. The molecule has 3 nitrogen and oxygen atoms in total. The van der Waals surface area contributed by atoms with Gasteiger partial charge < -0.3 is 10.1 Å². The van der Waals surface area contributed by atoms with Crippen LogP contribution in [0, 0.1) is 12.7 Å². The lowest BCUT2D eigenvalue weighted by Gasteiger charge is -2.09. The number of halogens is 2. The minimum atomic E-state index is -0.473. The molecule has 1 N–H and O–H groups in total. The lowest BCUT2D eigenvalue weighted by molar-refractivity contribution is 0.0947. The van der Waals surface area contributed by atoms with Crippen molar-refractivity contribution < 1.29 is 13.9 Å². The molecule has 0 aliphatic rings. The van der Waals surface area contributed by atoms with E-state index in [4.69, 9.17) is 16.3 Å². The van der Waals surface area contributed by atoms with Crippen LogP contribution in [0.5, 0.6) is 5.75 Å². The molecule has 5 heteroatoms. The Hall–Kier alpha value is -2.07. The molecule has 1 amide bonds. The largest absolute Gasteiger partial charge is 0.492 e. The predicted molar refractivity (Wildman–Crippen MR) is 80.4 cm³/mol. The van der Waals surface area contributed by atoms with Gasteiger partial charge in [-0.2, -0.15) is 0 Å². The van der Waals surface area contributed by atoms with E-state index in [1.165, 1.54) is 12.1 Å². The maximum Gasteiger partial charge on any atom is 0.252 e. The van der Waals surface area contributed by atoms with Crippen LogP contribution in [0.1, 0.15) is 15.9 Å². The van der Waals surface area contributed by atoms with Crippen molar-refractivity contribution in [1.29, 1.82) is 0 Å². The number of amides is 1. The highest BCUT2D eigenvalue weighted by Gasteiger charge is 2.10. The second-order valence-electron chi connectivity index (χ2n) is 4.55. The van der Waals surface area contributed by atoms with E-state index in [0.29, 0.717) is 13.2 Å². The monoisotopic (exact) mass is 307 g/mol. The van der Waals surface area contributed by atoms with Crippen molar-refractivity contribution in [3.05, 3.63) is 64.4 Å². The first-order valence-electron chi connectivity index (χ1n) is 6.49. The Labute approximate surface area is 127 Å². The second kappa shape index (κ2) is 7.09. The van der Waals surface area contributed by atoms with Crippen molar-refractivity contribution in [2.45, 2.75) is 6.92 Å². The van der Waals surface area contributed by atoms with Gasteiger partial charge in [0.2, 0.25) is 0 Å². The third-order valence-electron chi connectivity index (χ3n) is 2.82. The molecule has 0 spiro atoms. The highest BCUT2D eigenvalue weighted by atomic mass is 35.5. The molecular weight excluding hydrogens is 293 g/mol. The fourth-order valence-corrected chi connectivity index (χ4v) is 2.06. The summed E-state index contributed by atoms with van der Waals surface area (Å²) in [5, 5.41) is 2.76. The molecule has 0 heterocycles. The van der Waals surface area contributed by atoms with Crippen LogP contribution in [0.2, 0.25) is 5.02 Å². The van der Waals surface area contributed by atoms with Crippen molar-refractivity contribution in [2.24, 2.45) is 0 Å². The third kappa shape index (κ3) is 4.46. The fraction of sp³-hybridized carbons (Fsp3) is 0.188. The Morgan fingerprint density at radius 1 is 1.29 bits per heavy atom. The first kappa shape index (κ1) is 15.3. The summed E-state index contributed by atoms with van der Waals surface area (Å²) in [6, 6.07) is 11.3. The van der Waals surface area contributed by atoms with Crippen molar-refractivity contribution in [2.75, 3.05) is 13.2 Å². The van der Waals surface area contributed by atoms with Crippen LogP contribution in [0.15, 0.2) is 42.5 Å². The molecule has 0 aliphatic heterocycles. The molecule has 21 heavy (non-hydrogen) atoms. The number of carbonyl (C=O) groups is 1. The zero-order chi connectivity index (χ0) is 15.2. The van der Waals surface area contributed by atoms with E-state index in [1.54, 1.807) is 0 Å². The van der Waals surface area contributed by atoms with Gasteiger partial charge in [-0.05, 0) is 42.8 Å². The summed E-state index contributed by atoms with van der Waals surface area (Å²) in [5.41, 5.74) is 1.35. The zero-order valence-corrected chi connectivity index (χ0v) is 12.3. The Morgan fingerprint density at radius 2 is 2.10 bits per heavy atom. The molecule has 0 unspecified atom stereocenters. The van der Waals surface area contributed by atoms with Crippen molar-refractivity contribution >= 4 is 17.5 Å². The topological polar surface area (TPSA) is 38.3 Å². The second-order valence-corrected chi connectivity index (χ2v) is 4.95. The standard InChI is InChI=1S/C16H15ClFNO2/c1-11-3-2-4-13(9-11)21-8-7-19-16(20)14-6-5-12(18)10-15(14)17/h2-6,9-10H,7-8H2,1H3,(H,19,20). The van der Waals surface area contributed by atoms with Gasteiger partial charge in [-0.15, -0.1) is 0 Å². The summed E-state index contributed by atoms with van der Waals surface area (Å²) in [5.74, 6) is -0.0729. The molecule has 2 rings (SSSR count). The number of nitrogens with one attached hydrogen (secondary N) is 1. The van der Waals surface area contributed by atoms with Crippen LogP contribution in [0.4, 0.5) is 4.39 Å². The van der Waals surface area contributed by atoms with Gasteiger partial charge in [-0.25, -0.2) is 4.39 Å². The van der Waals surface area contributed by atoms with Crippen LogP contribution in [-0.4, -0.2) is 19.1 Å². The molecule has 2 aromatic rings. The summed E-state index contributed by atoms with van der Waals surface area (Å²) >= 11 is 5.82.